The van der Waals surface area contributed by atoms with E-state index < -0.39 is 0 Å². The lowest BCUT2D eigenvalue weighted by molar-refractivity contribution is 0.482. The molecule has 154 valence electrons. The SMILES string of the molecule is Cc1ccc(Oc2ccc(N3C(=S)N[C@H](c4ccccn4)[C@@H]3c3ccc[nH]3)cc2)cc1. The molecule has 5 rings (SSSR count). The third kappa shape index (κ3) is 3.90. The molecule has 1 saturated heterocycles. The summed E-state index contributed by atoms with van der Waals surface area (Å²) >= 11 is 5.74. The normalized spacial score (nSPS) is 18.1. The standard InChI is InChI=1S/C25H22N4OS/c1-17-7-11-19(12-8-17)30-20-13-9-18(10-14-20)29-24(22-6-4-16-27-22)23(28-25(29)31)21-5-2-3-15-26-21/h2-16,23-24,27H,1H3,(H,28,31)/t23-,24+/m1/s1. The molecule has 2 atom stereocenters. The van der Waals surface area contributed by atoms with Gasteiger partial charge in [-0.15, -0.1) is 0 Å². The fourth-order valence-electron chi connectivity index (χ4n) is 3.89. The maximum Gasteiger partial charge on any atom is 0.174 e. The van der Waals surface area contributed by atoms with Gasteiger partial charge in [0.05, 0.1) is 11.7 Å². The van der Waals surface area contributed by atoms with E-state index in [1.165, 1.54) is 5.56 Å². The monoisotopic (exact) mass is 426 g/mol. The molecule has 2 aromatic carbocycles. The number of aromatic amines is 1. The Bertz CT molecular complexity index is 1160. The summed E-state index contributed by atoms with van der Waals surface area (Å²) in [4.78, 5) is 10.1. The van der Waals surface area contributed by atoms with Crippen molar-refractivity contribution in [3.05, 3.63) is 108 Å². The van der Waals surface area contributed by atoms with Crippen molar-refractivity contribution in [2.75, 3.05) is 4.90 Å². The van der Waals surface area contributed by atoms with Crippen LogP contribution in [0.15, 0.2) is 91.3 Å². The summed E-state index contributed by atoms with van der Waals surface area (Å²) < 4.78 is 5.98. The first-order valence-corrected chi connectivity index (χ1v) is 10.6. The molecule has 6 heteroatoms. The Morgan fingerprint density at radius 2 is 1.65 bits per heavy atom. The highest BCUT2D eigenvalue weighted by Crippen LogP contribution is 2.41. The molecule has 1 aliphatic heterocycles. The van der Waals surface area contributed by atoms with Gasteiger partial charge in [-0.2, -0.15) is 0 Å². The van der Waals surface area contributed by atoms with Crippen LogP contribution in [0.2, 0.25) is 0 Å². The van der Waals surface area contributed by atoms with Crippen LogP contribution in [0, 0.1) is 6.92 Å². The zero-order valence-electron chi connectivity index (χ0n) is 17.0. The first kappa shape index (κ1) is 19.3. The van der Waals surface area contributed by atoms with E-state index in [2.05, 4.69) is 33.2 Å². The minimum atomic E-state index is -0.0594. The van der Waals surface area contributed by atoms with E-state index in [1.807, 2.05) is 85.2 Å². The highest BCUT2D eigenvalue weighted by molar-refractivity contribution is 7.80. The van der Waals surface area contributed by atoms with Gasteiger partial charge in [0.15, 0.2) is 5.11 Å². The predicted octanol–water partition coefficient (Wildman–Crippen LogP) is 5.69. The van der Waals surface area contributed by atoms with Gasteiger partial charge in [0.2, 0.25) is 0 Å². The first-order chi connectivity index (χ1) is 15.2. The minimum Gasteiger partial charge on any atom is -0.457 e. The van der Waals surface area contributed by atoms with Crippen molar-refractivity contribution in [2.24, 2.45) is 0 Å². The summed E-state index contributed by atoms with van der Waals surface area (Å²) in [7, 11) is 0. The van der Waals surface area contributed by atoms with E-state index in [0.29, 0.717) is 5.11 Å². The van der Waals surface area contributed by atoms with Crippen LogP contribution in [0.25, 0.3) is 0 Å². The van der Waals surface area contributed by atoms with Crippen molar-refractivity contribution >= 4 is 23.0 Å². The summed E-state index contributed by atoms with van der Waals surface area (Å²) in [5, 5.41) is 4.13. The van der Waals surface area contributed by atoms with Crippen molar-refractivity contribution in [3.8, 4) is 11.5 Å². The second-order valence-electron chi connectivity index (χ2n) is 7.53. The van der Waals surface area contributed by atoms with Crippen LogP contribution < -0.4 is 15.0 Å². The average molecular weight is 427 g/mol. The Labute approximate surface area is 186 Å². The Kier molecular flexibility index (Phi) is 5.14. The predicted molar refractivity (Wildman–Crippen MR) is 126 cm³/mol. The largest absolute Gasteiger partial charge is 0.457 e. The smallest absolute Gasteiger partial charge is 0.174 e. The van der Waals surface area contributed by atoms with Crippen LogP contribution >= 0.6 is 12.2 Å². The fourth-order valence-corrected chi connectivity index (χ4v) is 4.24. The third-order valence-corrected chi connectivity index (χ3v) is 5.72. The molecule has 0 saturated carbocycles. The zero-order valence-corrected chi connectivity index (χ0v) is 17.8. The Hall–Kier alpha value is -3.64. The molecule has 31 heavy (non-hydrogen) atoms. The Morgan fingerprint density at radius 3 is 2.29 bits per heavy atom. The maximum absolute atomic E-state index is 5.98. The topological polar surface area (TPSA) is 53.2 Å². The molecule has 2 aromatic heterocycles. The number of anilines is 1. The zero-order chi connectivity index (χ0) is 21.2. The molecule has 1 aliphatic rings. The number of hydrogen-bond donors (Lipinski definition) is 2. The van der Waals surface area contributed by atoms with Crippen LogP contribution in [0.3, 0.4) is 0 Å². The number of benzene rings is 2. The van der Waals surface area contributed by atoms with E-state index in [-0.39, 0.29) is 12.1 Å². The van der Waals surface area contributed by atoms with Crippen molar-refractivity contribution in [1.29, 1.82) is 0 Å². The second kappa shape index (κ2) is 8.24. The van der Waals surface area contributed by atoms with E-state index >= 15 is 0 Å². The van der Waals surface area contributed by atoms with Gasteiger partial charge >= 0.3 is 0 Å². The van der Waals surface area contributed by atoms with Gasteiger partial charge < -0.3 is 19.9 Å². The quantitative estimate of drug-likeness (QED) is 0.402. The molecular weight excluding hydrogens is 404 g/mol. The summed E-state index contributed by atoms with van der Waals surface area (Å²) in [6.45, 7) is 2.06. The van der Waals surface area contributed by atoms with E-state index in [4.69, 9.17) is 17.0 Å². The van der Waals surface area contributed by atoms with Crippen molar-refractivity contribution in [1.82, 2.24) is 15.3 Å². The molecule has 1 fully saturated rings. The van der Waals surface area contributed by atoms with E-state index in [0.717, 1.165) is 28.6 Å². The van der Waals surface area contributed by atoms with E-state index in [1.54, 1.807) is 0 Å². The molecule has 0 aliphatic carbocycles. The van der Waals surface area contributed by atoms with Gasteiger partial charge in [-0.1, -0.05) is 23.8 Å². The van der Waals surface area contributed by atoms with Gasteiger partial charge in [0.25, 0.3) is 0 Å². The molecule has 0 bridgehead atoms. The van der Waals surface area contributed by atoms with E-state index in [9.17, 15) is 0 Å². The van der Waals surface area contributed by atoms with Crippen LogP contribution in [0.1, 0.15) is 29.0 Å². The molecule has 0 spiro atoms. The molecular formula is C25H22N4OS. The number of aromatic nitrogens is 2. The molecule has 0 amide bonds. The molecule has 3 heterocycles. The highest BCUT2D eigenvalue weighted by Gasteiger charge is 2.41. The lowest BCUT2D eigenvalue weighted by Crippen LogP contribution is -2.29. The number of nitrogens with one attached hydrogen (secondary N) is 2. The number of thiocarbonyl (C=S) groups is 1. The minimum absolute atomic E-state index is 0.0405. The van der Waals surface area contributed by atoms with Gasteiger partial charge in [0, 0.05) is 23.8 Å². The summed E-state index contributed by atoms with van der Waals surface area (Å²) in [5.41, 5.74) is 4.22. The third-order valence-electron chi connectivity index (χ3n) is 5.41. The van der Waals surface area contributed by atoms with Crippen LogP contribution in [-0.4, -0.2) is 15.1 Å². The highest BCUT2D eigenvalue weighted by atomic mass is 32.1. The van der Waals surface area contributed by atoms with Gasteiger partial charge in [-0.3, -0.25) is 4.98 Å². The summed E-state index contributed by atoms with van der Waals surface area (Å²) in [5.74, 6) is 1.60. The van der Waals surface area contributed by atoms with Crippen LogP contribution in [-0.2, 0) is 0 Å². The van der Waals surface area contributed by atoms with Crippen molar-refractivity contribution in [3.63, 3.8) is 0 Å². The maximum atomic E-state index is 5.98. The summed E-state index contributed by atoms with van der Waals surface area (Å²) in [6.07, 6.45) is 3.74. The van der Waals surface area contributed by atoms with Gasteiger partial charge in [-0.05, 0) is 79.8 Å². The number of hydrogen-bond acceptors (Lipinski definition) is 3. The number of ether oxygens (including phenoxy) is 1. The Morgan fingerprint density at radius 1 is 0.903 bits per heavy atom. The summed E-state index contributed by atoms with van der Waals surface area (Å²) in [6, 6.07) is 26.0. The van der Waals surface area contributed by atoms with Gasteiger partial charge in [-0.25, -0.2) is 0 Å². The lowest BCUT2D eigenvalue weighted by Gasteiger charge is -2.27. The second-order valence-corrected chi connectivity index (χ2v) is 7.92. The number of aryl methyl sites for hydroxylation is 1. The van der Waals surface area contributed by atoms with Crippen LogP contribution in [0.4, 0.5) is 5.69 Å². The molecule has 5 nitrogen and oxygen atoms in total. The average Bonchev–Trinajstić information content (AvgIpc) is 3.44. The Balaban J connectivity index is 1.45. The van der Waals surface area contributed by atoms with Crippen molar-refractivity contribution in [2.45, 2.75) is 19.0 Å². The van der Waals surface area contributed by atoms with Gasteiger partial charge in [0.1, 0.15) is 17.5 Å². The van der Waals surface area contributed by atoms with Crippen LogP contribution in [0.5, 0.6) is 11.5 Å². The fraction of sp³-hybridized carbons (Fsp3) is 0.120. The first-order valence-electron chi connectivity index (χ1n) is 10.2. The number of H-pyrrole nitrogens is 1. The number of nitrogens with zero attached hydrogens (tertiary/aromatic N) is 2. The number of pyridine rings is 1. The molecule has 4 aromatic rings. The number of rotatable bonds is 5. The molecule has 0 unspecified atom stereocenters. The lowest BCUT2D eigenvalue weighted by atomic mass is 10.0. The molecule has 2 N–H and O–H groups in total. The van der Waals surface area contributed by atoms with Crippen molar-refractivity contribution < 1.29 is 4.74 Å². The molecule has 0 radical (unpaired) electrons.